The Labute approximate surface area is 115 Å². The molecule has 0 aromatic rings. The van der Waals surface area contributed by atoms with Crippen LogP contribution in [0.15, 0.2) is 0 Å². The molecule has 0 aliphatic heterocycles. The van der Waals surface area contributed by atoms with Gasteiger partial charge in [-0.15, -0.1) is 0 Å². The second kappa shape index (κ2) is 10.2. The van der Waals surface area contributed by atoms with Gasteiger partial charge in [0.15, 0.2) is 0 Å². The molecule has 0 fully saturated rings. The number of nitrogens with two attached hydrogens (primary N) is 1. The highest BCUT2D eigenvalue weighted by Crippen LogP contribution is 2.03. The average Bonchev–Trinajstić information content (AvgIpc) is 2.26. The Bertz CT molecular complexity index is 260. The highest BCUT2D eigenvalue weighted by molar-refractivity contribution is 7.80. The zero-order valence-electron chi connectivity index (χ0n) is 11.4. The van der Waals surface area contributed by atoms with Crippen LogP contribution in [0.4, 0.5) is 0 Å². The molecule has 18 heavy (non-hydrogen) atoms. The molecule has 6 heteroatoms. The number of nitrogens with zero attached hydrogens (tertiary/aromatic N) is 2. The molecule has 0 atom stereocenters. The lowest BCUT2D eigenvalue weighted by Gasteiger charge is -2.22. The number of amides is 2. The molecule has 5 nitrogen and oxygen atoms in total. The predicted octanol–water partition coefficient (Wildman–Crippen LogP) is 0.352. The zero-order valence-corrected chi connectivity index (χ0v) is 12.3. The van der Waals surface area contributed by atoms with Crippen molar-refractivity contribution in [3.8, 4) is 0 Å². The van der Waals surface area contributed by atoms with Gasteiger partial charge < -0.3 is 15.5 Å². The Kier molecular flexibility index (Phi) is 9.77. The van der Waals surface area contributed by atoms with Crippen LogP contribution in [0.25, 0.3) is 0 Å². The van der Waals surface area contributed by atoms with Crippen LogP contribution in [0.5, 0.6) is 0 Å². The minimum absolute atomic E-state index is 0.0871. The van der Waals surface area contributed by atoms with Gasteiger partial charge in [0.25, 0.3) is 0 Å². The topological polar surface area (TPSA) is 66.6 Å². The molecule has 2 amide bonds. The fourth-order valence-corrected chi connectivity index (χ4v) is 1.87. The zero-order chi connectivity index (χ0) is 14.0. The summed E-state index contributed by atoms with van der Waals surface area (Å²) < 4.78 is 0. The van der Waals surface area contributed by atoms with Crippen LogP contribution in [0.2, 0.25) is 0 Å². The number of hydrogen-bond donors (Lipinski definition) is 2. The largest absolute Gasteiger partial charge is 0.370 e. The third-order valence-corrected chi connectivity index (χ3v) is 2.77. The van der Waals surface area contributed by atoms with E-state index in [4.69, 9.17) is 5.73 Å². The van der Waals surface area contributed by atoms with Gasteiger partial charge >= 0.3 is 0 Å². The van der Waals surface area contributed by atoms with E-state index in [0.717, 1.165) is 19.5 Å². The van der Waals surface area contributed by atoms with Gasteiger partial charge in [0, 0.05) is 31.7 Å². The second-order valence-corrected chi connectivity index (χ2v) is 5.03. The third kappa shape index (κ3) is 9.30. The van der Waals surface area contributed by atoms with Crippen molar-refractivity contribution in [2.45, 2.75) is 25.7 Å². The summed E-state index contributed by atoms with van der Waals surface area (Å²) in [6.45, 7) is 2.36. The minimum atomic E-state index is -0.351. The molecule has 0 saturated heterocycles. The van der Waals surface area contributed by atoms with Gasteiger partial charge in [-0.2, -0.15) is 12.6 Å². The maximum atomic E-state index is 11.9. The normalized spacial score (nSPS) is 10.7. The lowest BCUT2D eigenvalue weighted by Crippen LogP contribution is -2.35. The van der Waals surface area contributed by atoms with E-state index in [0.29, 0.717) is 25.1 Å². The molecule has 0 aromatic carbocycles. The van der Waals surface area contributed by atoms with Crippen LogP contribution in [0, 0.1) is 0 Å². The molecular formula is C12H25N3O2S. The van der Waals surface area contributed by atoms with Crippen molar-refractivity contribution >= 4 is 24.4 Å². The number of thiol groups is 1. The fourth-order valence-electron chi connectivity index (χ4n) is 1.63. The monoisotopic (exact) mass is 275 g/mol. The van der Waals surface area contributed by atoms with E-state index in [1.807, 2.05) is 19.0 Å². The quantitative estimate of drug-likeness (QED) is 0.566. The molecule has 0 spiro atoms. The van der Waals surface area contributed by atoms with Gasteiger partial charge in [-0.1, -0.05) is 0 Å². The van der Waals surface area contributed by atoms with Crippen molar-refractivity contribution in [1.29, 1.82) is 0 Å². The Balaban J connectivity index is 3.97. The van der Waals surface area contributed by atoms with Crippen LogP contribution >= 0.6 is 12.6 Å². The smallest absolute Gasteiger partial charge is 0.222 e. The average molecular weight is 275 g/mol. The predicted molar refractivity (Wildman–Crippen MR) is 76.6 cm³/mol. The number of hydrogen-bond acceptors (Lipinski definition) is 4. The van der Waals surface area contributed by atoms with E-state index in [1.54, 1.807) is 0 Å². The summed E-state index contributed by atoms with van der Waals surface area (Å²) in [6.07, 6.45) is 2.14. The minimum Gasteiger partial charge on any atom is -0.370 e. The summed E-state index contributed by atoms with van der Waals surface area (Å²) in [6, 6.07) is 0. The van der Waals surface area contributed by atoms with Gasteiger partial charge in [-0.3, -0.25) is 9.59 Å². The molecule has 106 valence electrons. The van der Waals surface area contributed by atoms with Crippen molar-refractivity contribution in [1.82, 2.24) is 9.80 Å². The van der Waals surface area contributed by atoms with Crippen molar-refractivity contribution in [2.75, 3.05) is 39.5 Å². The molecule has 0 bridgehead atoms. The highest BCUT2D eigenvalue weighted by Gasteiger charge is 2.12. The number of carbonyl (C=O) groups is 2. The van der Waals surface area contributed by atoms with Crippen LogP contribution in [0.1, 0.15) is 25.7 Å². The SMILES string of the molecule is CN(C)CCCN(CCS)C(=O)CCCC(N)=O. The van der Waals surface area contributed by atoms with E-state index in [9.17, 15) is 9.59 Å². The summed E-state index contributed by atoms with van der Waals surface area (Å²) in [5, 5.41) is 0. The fraction of sp³-hybridized carbons (Fsp3) is 0.833. The van der Waals surface area contributed by atoms with Gasteiger partial charge in [-0.25, -0.2) is 0 Å². The molecular weight excluding hydrogens is 250 g/mol. The lowest BCUT2D eigenvalue weighted by molar-refractivity contribution is -0.131. The van der Waals surface area contributed by atoms with Gasteiger partial charge in [0.2, 0.25) is 11.8 Å². The molecule has 0 aliphatic carbocycles. The summed E-state index contributed by atoms with van der Waals surface area (Å²) in [5.74, 6) is 0.393. The van der Waals surface area contributed by atoms with Crippen LogP contribution in [-0.2, 0) is 9.59 Å². The molecule has 0 rings (SSSR count). The third-order valence-electron chi connectivity index (χ3n) is 2.57. The van der Waals surface area contributed by atoms with E-state index in [2.05, 4.69) is 17.5 Å². The van der Waals surface area contributed by atoms with Crippen molar-refractivity contribution < 1.29 is 9.59 Å². The maximum absolute atomic E-state index is 11.9. The van der Waals surface area contributed by atoms with Crippen LogP contribution in [-0.4, -0.2) is 61.1 Å². The standard InChI is InChI=1S/C12H25N3O2S/c1-14(2)7-4-8-15(9-10-18)12(17)6-3-5-11(13)16/h18H,3-10H2,1-2H3,(H2,13,16). The van der Waals surface area contributed by atoms with Gasteiger partial charge in [0.1, 0.15) is 0 Å². The summed E-state index contributed by atoms with van der Waals surface area (Å²) in [4.78, 5) is 26.4. The summed E-state index contributed by atoms with van der Waals surface area (Å²) in [7, 11) is 4.02. The highest BCUT2D eigenvalue weighted by atomic mass is 32.1. The second-order valence-electron chi connectivity index (χ2n) is 4.58. The van der Waals surface area contributed by atoms with E-state index < -0.39 is 0 Å². The number of carbonyl (C=O) groups excluding carboxylic acids is 2. The molecule has 0 radical (unpaired) electrons. The Morgan fingerprint density at radius 3 is 2.22 bits per heavy atom. The molecule has 0 saturated carbocycles. The molecule has 2 N–H and O–H groups in total. The van der Waals surface area contributed by atoms with E-state index >= 15 is 0 Å². The van der Waals surface area contributed by atoms with Gasteiger partial charge in [0.05, 0.1) is 0 Å². The maximum Gasteiger partial charge on any atom is 0.222 e. The lowest BCUT2D eigenvalue weighted by atomic mass is 10.2. The first-order valence-electron chi connectivity index (χ1n) is 6.29. The van der Waals surface area contributed by atoms with Crippen molar-refractivity contribution in [3.63, 3.8) is 0 Å². The molecule has 0 aliphatic rings. The van der Waals surface area contributed by atoms with Crippen molar-refractivity contribution in [3.05, 3.63) is 0 Å². The summed E-state index contributed by atoms with van der Waals surface area (Å²) in [5.41, 5.74) is 5.05. The number of rotatable bonds is 10. The first-order chi connectivity index (χ1) is 8.47. The molecule has 0 aromatic heterocycles. The Morgan fingerprint density at radius 2 is 1.72 bits per heavy atom. The Hall–Kier alpha value is -0.750. The summed E-state index contributed by atoms with van der Waals surface area (Å²) >= 11 is 4.16. The van der Waals surface area contributed by atoms with E-state index in [1.165, 1.54) is 0 Å². The molecule has 0 heterocycles. The number of primary amides is 1. The Morgan fingerprint density at radius 1 is 1.06 bits per heavy atom. The van der Waals surface area contributed by atoms with Gasteiger partial charge in [-0.05, 0) is 33.5 Å². The first kappa shape index (κ1) is 17.2. The first-order valence-corrected chi connectivity index (χ1v) is 6.92. The van der Waals surface area contributed by atoms with E-state index in [-0.39, 0.29) is 18.2 Å². The van der Waals surface area contributed by atoms with Crippen LogP contribution < -0.4 is 5.73 Å². The van der Waals surface area contributed by atoms with Crippen LogP contribution in [0.3, 0.4) is 0 Å². The van der Waals surface area contributed by atoms with Crippen molar-refractivity contribution in [2.24, 2.45) is 5.73 Å². The molecule has 0 unspecified atom stereocenters.